The van der Waals surface area contributed by atoms with Gasteiger partial charge in [0, 0.05) is 19.3 Å². The number of anilines is 1. The second kappa shape index (κ2) is 5.56. The van der Waals surface area contributed by atoms with Crippen molar-refractivity contribution in [3.8, 4) is 6.07 Å². The molecule has 0 N–H and O–H groups in total. The summed E-state index contributed by atoms with van der Waals surface area (Å²) in [5.74, 6) is -0.429. The van der Waals surface area contributed by atoms with Crippen LogP contribution in [0.2, 0.25) is 0 Å². The first-order valence-electron chi connectivity index (χ1n) is 4.67. The van der Waals surface area contributed by atoms with Crippen molar-refractivity contribution >= 4 is 11.7 Å². The van der Waals surface area contributed by atoms with Crippen LogP contribution in [0.4, 0.5) is 5.69 Å². The van der Waals surface area contributed by atoms with Gasteiger partial charge in [-0.2, -0.15) is 5.26 Å². The van der Waals surface area contributed by atoms with Gasteiger partial charge in [0.15, 0.2) is 0 Å². The van der Waals surface area contributed by atoms with Crippen LogP contribution in [-0.4, -0.2) is 20.1 Å². The molecule has 0 atom stereocenters. The molecule has 0 radical (unpaired) electrons. The molecule has 0 aliphatic carbocycles. The van der Waals surface area contributed by atoms with E-state index < -0.39 is 5.97 Å². The second-order valence-corrected chi connectivity index (χ2v) is 3.08. The number of carbonyl (C=O) groups excluding carboxylic acids is 1. The molecule has 4 nitrogen and oxygen atoms in total. The van der Waals surface area contributed by atoms with E-state index in [-0.39, 0.29) is 0 Å². The van der Waals surface area contributed by atoms with E-state index in [0.717, 1.165) is 5.69 Å². The largest absolute Gasteiger partial charge is 0.466 e. The Balaban J connectivity index is 2.89. The van der Waals surface area contributed by atoms with Gasteiger partial charge in [0.25, 0.3) is 0 Å². The molecule has 0 unspecified atom stereocenters. The Morgan fingerprint density at radius 2 is 2.19 bits per heavy atom. The summed E-state index contributed by atoms with van der Waals surface area (Å²) in [6.45, 7) is 0. The molecule has 1 aromatic rings. The second-order valence-electron chi connectivity index (χ2n) is 3.08. The lowest BCUT2D eigenvalue weighted by Crippen LogP contribution is -2.10. The van der Waals surface area contributed by atoms with Crippen molar-refractivity contribution in [3.63, 3.8) is 0 Å². The number of hydrogen-bond donors (Lipinski definition) is 0. The van der Waals surface area contributed by atoms with Crippen molar-refractivity contribution in [1.29, 1.82) is 5.26 Å². The number of ether oxygens (including phenoxy) is 1. The van der Waals surface area contributed by atoms with E-state index in [1.807, 2.05) is 6.07 Å². The monoisotopic (exact) mass is 216 g/mol. The average Bonchev–Trinajstić information content (AvgIpc) is 2.35. The summed E-state index contributed by atoms with van der Waals surface area (Å²) in [4.78, 5) is 12.6. The molecule has 0 amide bonds. The molecule has 1 aromatic carbocycles. The summed E-state index contributed by atoms with van der Waals surface area (Å²) in [6.07, 6.45) is 2.86. The summed E-state index contributed by atoms with van der Waals surface area (Å²) in [6, 6.07) is 9.24. The van der Waals surface area contributed by atoms with Gasteiger partial charge < -0.3 is 9.64 Å². The molecular weight excluding hydrogens is 204 g/mol. The smallest absolute Gasteiger partial charge is 0.331 e. The van der Waals surface area contributed by atoms with E-state index >= 15 is 0 Å². The van der Waals surface area contributed by atoms with Crippen molar-refractivity contribution in [2.24, 2.45) is 0 Å². The number of esters is 1. The van der Waals surface area contributed by atoms with Crippen LogP contribution in [0.3, 0.4) is 0 Å². The SMILES string of the molecule is COC(=O)C=CN(C)c1ccccc1C#N. The summed E-state index contributed by atoms with van der Waals surface area (Å²) < 4.78 is 4.48. The van der Waals surface area contributed by atoms with Gasteiger partial charge in [0.2, 0.25) is 0 Å². The first-order valence-corrected chi connectivity index (χ1v) is 4.67. The minimum atomic E-state index is -0.429. The van der Waals surface area contributed by atoms with Crippen LogP contribution >= 0.6 is 0 Å². The number of carbonyl (C=O) groups is 1. The van der Waals surface area contributed by atoms with Crippen molar-refractivity contribution in [1.82, 2.24) is 0 Å². The van der Waals surface area contributed by atoms with Crippen LogP contribution in [0, 0.1) is 11.3 Å². The van der Waals surface area contributed by atoms with Gasteiger partial charge in [-0.25, -0.2) is 4.79 Å². The summed E-state index contributed by atoms with van der Waals surface area (Å²) in [5.41, 5.74) is 1.30. The molecule has 0 saturated carbocycles. The fourth-order valence-electron chi connectivity index (χ4n) is 1.20. The fourth-order valence-corrected chi connectivity index (χ4v) is 1.20. The van der Waals surface area contributed by atoms with Gasteiger partial charge in [-0.3, -0.25) is 0 Å². The third kappa shape index (κ3) is 2.85. The molecule has 0 aliphatic rings. The van der Waals surface area contributed by atoms with Crippen LogP contribution in [-0.2, 0) is 9.53 Å². The zero-order chi connectivity index (χ0) is 12.0. The number of nitrogens with zero attached hydrogens (tertiary/aromatic N) is 2. The molecule has 82 valence electrons. The third-order valence-electron chi connectivity index (χ3n) is 2.04. The molecule has 0 fully saturated rings. The molecule has 0 heterocycles. The average molecular weight is 216 g/mol. The van der Waals surface area contributed by atoms with E-state index in [1.165, 1.54) is 13.2 Å². The highest BCUT2D eigenvalue weighted by molar-refractivity contribution is 5.82. The van der Waals surface area contributed by atoms with Crippen LogP contribution in [0.15, 0.2) is 36.5 Å². The number of nitriles is 1. The molecule has 0 aliphatic heterocycles. The van der Waals surface area contributed by atoms with E-state index in [0.29, 0.717) is 5.56 Å². The lowest BCUT2D eigenvalue weighted by atomic mass is 10.2. The number of rotatable bonds is 3. The highest BCUT2D eigenvalue weighted by Crippen LogP contribution is 2.17. The topological polar surface area (TPSA) is 53.3 Å². The third-order valence-corrected chi connectivity index (χ3v) is 2.04. The van der Waals surface area contributed by atoms with E-state index in [9.17, 15) is 4.79 Å². The molecule has 4 heteroatoms. The Bertz CT molecular complexity index is 447. The van der Waals surface area contributed by atoms with Crippen LogP contribution in [0.25, 0.3) is 0 Å². The highest BCUT2D eigenvalue weighted by Gasteiger charge is 2.03. The fraction of sp³-hybridized carbons (Fsp3) is 0.167. The van der Waals surface area contributed by atoms with Gasteiger partial charge in [-0.05, 0) is 12.1 Å². The van der Waals surface area contributed by atoms with Crippen molar-refractivity contribution in [3.05, 3.63) is 42.1 Å². The Labute approximate surface area is 94.4 Å². The van der Waals surface area contributed by atoms with Gasteiger partial charge in [0.1, 0.15) is 6.07 Å². The van der Waals surface area contributed by atoms with Gasteiger partial charge in [0.05, 0.1) is 18.4 Å². The Morgan fingerprint density at radius 1 is 1.50 bits per heavy atom. The maximum absolute atomic E-state index is 10.9. The van der Waals surface area contributed by atoms with E-state index in [4.69, 9.17) is 5.26 Å². The number of hydrogen-bond acceptors (Lipinski definition) is 4. The molecule has 0 bridgehead atoms. The zero-order valence-corrected chi connectivity index (χ0v) is 9.18. The quantitative estimate of drug-likeness (QED) is 0.569. The Hall–Kier alpha value is -2.28. The standard InChI is InChI=1S/C12H12N2O2/c1-14(8-7-12(15)16-2)11-6-4-3-5-10(11)9-13/h3-8H,1-2H3. The Morgan fingerprint density at radius 3 is 2.81 bits per heavy atom. The lowest BCUT2D eigenvalue weighted by Gasteiger charge is -2.14. The first kappa shape index (κ1) is 11.8. The zero-order valence-electron chi connectivity index (χ0n) is 9.18. The van der Waals surface area contributed by atoms with Crippen LogP contribution < -0.4 is 4.90 Å². The molecular formula is C12H12N2O2. The predicted octanol–water partition coefficient (Wildman–Crippen LogP) is 1.68. The van der Waals surface area contributed by atoms with E-state index in [2.05, 4.69) is 10.8 Å². The van der Waals surface area contributed by atoms with Crippen LogP contribution in [0.5, 0.6) is 0 Å². The van der Waals surface area contributed by atoms with Gasteiger partial charge in [-0.15, -0.1) is 0 Å². The summed E-state index contributed by atoms with van der Waals surface area (Å²) >= 11 is 0. The molecule has 0 aromatic heterocycles. The maximum atomic E-state index is 10.9. The highest BCUT2D eigenvalue weighted by atomic mass is 16.5. The molecule has 0 spiro atoms. The molecule has 16 heavy (non-hydrogen) atoms. The predicted molar refractivity (Wildman–Crippen MR) is 60.7 cm³/mol. The minimum Gasteiger partial charge on any atom is -0.466 e. The lowest BCUT2D eigenvalue weighted by molar-refractivity contribution is -0.134. The maximum Gasteiger partial charge on any atom is 0.331 e. The van der Waals surface area contributed by atoms with Crippen molar-refractivity contribution < 1.29 is 9.53 Å². The number of para-hydroxylation sites is 1. The molecule has 1 rings (SSSR count). The van der Waals surface area contributed by atoms with Gasteiger partial charge in [-0.1, -0.05) is 12.1 Å². The first-order chi connectivity index (χ1) is 7.69. The summed E-state index contributed by atoms with van der Waals surface area (Å²) in [7, 11) is 3.07. The Kier molecular flexibility index (Phi) is 4.10. The van der Waals surface area contributed by atoms with E-state index in [1.54, 1.807) is 36.3 Å². The van der Waals surface area contributed by atoms with Crippen LogP contribution in [0.1, 0.15) is 5.56 Å². The molecule has 0 saturated heterocycles. The van der Waals surface area contributed by atoms with Crippen molar-refractivity contribution in [2.45, 2.75) is 0 Å². The number of methoxy groups -OCH3 is 1. The summed E-state index contributed by atoms with van der Waals surface area (Å²) in [5, 5.41) is 8.90. The number of benzene rings is 1. The normalized spacial score (nSPS) is 9.81. The minimum absolute atomic E-state index is 0.429. The van der Waals surface area contributed by atoms with Gasteiger partial charge >= 0.3 is 5.97 Å². The van der Waals surface area contributed by atoms with Crippen molar-refractivity contribution in [2.75, 3.05) is 19.1 Å².